The number of rotatable bonds is 7. The molecule has 0 saturated heterocycles. The minimum Gasteiger partial charge on any atom is -0.399 e. The third kappa shape index (κ3) is 5.43. The summed E-state index contributed by atoms with van der Waals surface area (Å²) < 4.78 is 52.9. The molecule has 0 radical (unpaired) electrons. The number of nitrogens with one attached hydrogen (secondary N) is 1. The van der Waals surface area contributed by atoms with Crippen LogP contribution in [-0.2, 0) is 9.53 Å². The number of nitrogen functional groups attached to an aromatic ring is 1. The number of anilines is 2. The Labute approximate surface area is 112 Å². The molecule has 3 N–H and O–H groups in total. The Kier molecular flexibility index (Phi) is 5.75. The van der Waals surface area contributed by atoms with Crippen LogP contribution in [0.4, 0.5) is 28.9 Å². The van der Waals surface area contributed by atoms with E-state index < -0.39 is 24.9 Å². The molecule has 0 bridgehead atoms. The van der Waals surface area contributed by atoms with E-state index in [0.717, 1.165) is 0 Å². The molecule has 0 saturated carbocycles. The molecule has 1 rings (SSSR count). The molecular formula is C12H14F4N2O2. The predicted molar refractivity (Wildman–Crippen MR) is 65.9 cm³/mol. The fourth-order valence-corrected chi connectivity index (χ4v) is 1.23. The summed E-state index contributed by atoms with van der Waals surface area (Å²) >= 11 is 0. The molecular weight excluding hydrogens is 280 g/mol. The molecule has 0 aromatic heterocycles. The molecule has 0 aliphatic carbocycles. The molecule has 20 heavy (non-hydrogen) atoms. The monoisotopic (exact) mass is 294 g/mol. The summed E-state index contributed by atoms with van der Waals surface area (Å²) in [7, 11) is 0. The lowest BCUT2D eigenvalue weighted by atomic mass is 10.3. The minimum absolute atomic E-state index is 0.219. The first kappa shape index (κ1) is 16.2. The van der Waals surface area contributed by atoms with E-state index >= 15 is 0 Å². The van der Waals surface area contributed by atoms with Gasteiger partial charge in [0.05, 0.1) is 13.0 Å². The summed E-state index contributed by atoms with van der Waals surface area (Å²) in [6.45, 7) is -1.79. The molecule has 0 spiro atoms. The smallest absolute Gasteiger partial charge is 0.330 e. The number of hydrogen-bond donors (Lipinski definition) is 2. The number of carbonyl (C=O) groups is 1. The first-order valence-corrected chi connectivity index (χ1v) is 5.70. The molecule has 112 valence electrons. The Morgan fingerprint density at radius 1 is 1.30 bits per heavy atom. The molecule has 1 aromatic carbocycles. The van der Waals surface area contributed by atoms with Gasteiger partial charge >= 0.3 is 12.3 Å². The number of benzene rings is 1. The molecule has 8 heteroatoms. The van der Waals surface area contributed by atoms with Crippen LogP contribution in [-0.4, -0.2) is 31.5 Å². The lowest BCUT2D eigenvalue weighted by Gasteiger charge is -2.14. The quantitative estimate of drug-likeness (QED) is 0.461. The first-order valence-electron chi connectivity index (χ1n) is 5.70. The number of alkyl halides is 4. The van der Waals surface area contributed by atoms with Crippen LogP contribution in [0, 0.1) is 0 Å². The number of hydrogen-bond acceptors (Lipinski definition) is 3. The average molecular weight is 294 g/mol. The van der Waals surface area contributed by atoms with Gasteiger partial charge in [-0.2, -0.15) is 8.78 Å². The first-order chi connectivity index (χ1) is 9.31. The van der Waals surface area contributed by atoms with Gasteiger partial charge in [0.25, 0.3) is 0 Å². The van der Waals surface area contributed by atoms with Crippen LogP contribution in [0.15, 0.2) is 24.3 Å². The third-order valence-electron chi connectivity index (χ3n) is 2.28. The van der Waals surface area contributed by atoms with E-state index in [-0.39, 0.29) is 13.0 Å². The van der Waals surface area contributed by atoms with Crippen molar-refractivity contribution in [2.75, 3.05) is 24.3 Å². The van der Waals surface area contributed by atoms with E-state index in [0.29, 0.717) is 11.4 Å². The number of amides is 1. The van der Waals surface area contributed by atoms with Crippen LogP contribution in [0.2, 0.25) is 0 Å². The molecule has 0 heterocycles. The third-order valence-corrected chi connectivity index (χ3v) is 2.28. The summed E-state index contributed by atoms with van der Waals surface area (Å²) in [6, 6.07) is 6.29. The van der Waals surface area contributed by atoms with E-state index in [9.17, 15) is 22.4 Å². The van der Waals surface area contributed by atoms with Crippen LogP contribution in [0.1, 0.15) is 6.42 Å². The summed E-state index contributed by atoms with van der Waals surface area (Å²) in [5.41, 5.74) is 6.47. The number of halogens is 4. The molecule has 1 aromatic rings. The van der Waals surface area contributed by atoms with Crippen molar-refractivity contribution in [2.24, 2.45) is 0 Å². The number of ether oxygens (including phenoxy) is 1. The maximum atomic E-state index is 12.5. The number of carbonyl (C=O) groups excluding carboxylic acids is 1. The topological polar surface area (TPSA) is 64.3 Å². The molecule has 0 fully saturated rings. The van der Waals surface area contributed by atoms with Gasteiger partial charge in [0.15, 0.2) is 0 Å². The van der Waals surface area contributed by atoms with Gasteiger partial charge in [0.2, 0.25) is 5.91 Å². The Morgan fingerprint density at radius 2 is 1.90 bits per heavy atom. The predicted octanol–water partition coefficient (Wildman–Crippen LogP) is 2.51. The van der Waals surface area contributed by atoms with Gasteiger partial charge in [-0.25, -0.2) is 8.78 Å². The number of nitrogens with two attached hydrogens (primary N) is 1. The van der Waals surface area contributed by atoms with Crippen molar-refractivity contribution in [1.82, 2.24) is 0 Å². The minimum atomic E-state index is -4.20. The summed E-state index contributed by atoms with van der Waals surface area (Å²) in [5, 5.41) is 2.48. The highest BCUT2D eigenvalue weighted by molar-refractivity contribution is 5.90. The lowest BCUT2D eigenvalue weighted by molar-refractivity contribution is -0.166. The average Bonchev–Trinajstić information content (AvgIpc) is 2.37. The van der Waals surface area contributed by atoms with E-state index in [1.165, 1.54) is 0 Å². The Balaban J connectivity index is 2.25. The Bertz CT molecular complexity index is 438. The van der Waals surface area contributed by atoms with Crippen molar-refractivity contribution in [3.63, 3.8) is 0 Å². The van der Waals surface area contributed by atoms with Crippen LogP contribution < -0.4 is 11.1 Å². The highest BCUT2D eigenvalue weighted by Gasteiger charge is 2.40. The van der Waals surface area contributed by atoms with Gasteiger partial charge in [0.1, 0.15) is 6.61 Å². The van der Waals surface area contributed by atoms with Gasteiger partial charge in [-0.1, -0.05) is 0 Å². The van der Waals surface area contributed by atoms with Gasteiger partial charge in [-0.15, -0.1) is 0 Å². The molecule has 1 amide bonds. The molecule has 0 aliphatic rings. The molecule has 0 unspecified atom stereocenters. The largest absolute Gasteiger partial charge is 0.399 e. The van der Waals surface area contributed by atoms with Crippen molar-refractivity contribution in [3.8, 4) is 0 Å². The molecule has 0 atom stereocenters. The Morgan fingerprint density at radius 3 is 2.45 bits per heavy atom. The van der Waals surface area contributed by atoms with Crippen molar-refractivity contribution >= 4 is 17.3 Å². The molecule has 0 aliphatic heterocycles. The standard InChI is InChI=1S/C12H14F4N2O2/c13-11(14)12(15,16)7-20-6-5-10(19)18-9-3-1-8(17)2-4-9/h1-4,11H,5-7,17H2,(H,18,19). The fourth-order valence-electron chi connectivity index (χ4n) is 1.23. The van der Waals surface area contributed by atoms with Gasteiger partial charge in [-0.3, -0.25) is 4.79 Å². The zero-order valence-electron chi connectivity index (χ0n) is 10.4. The second-order valence-corrected chi connectivity index (χ2v) is 4.03. The van der Waals surface area contributed by atoms with E-state index in [1.54, 1.807) is 24.3 Å². The van der Waals surface area contributed by atoms with Crippen LogP contribution in [0.25, 0.3) is 0 Å². The highest BCUT2D eigenvalue weighted by Crippen LogP contribution is 2.22. The maximum Gasteiger partial charge on any atom is 0.330 e. The fraction of sp³-hybridized carbons (Fsp3) is 0.417. The zero-order valence-corrected chi connectivity index (χ0v) is 10.4. The van der Waals surface area contributed by atoms with Crippen molar-refractivity contribution in [1.29, 1.82) is 0 Å². The maximum absolute atomic E-state index is 12.5. The van der Waals surface area contributed by atoms with E-state index in [1.807, 2.05) is 0 Å². The van der Waals surface area contributed by atoms with Gasteiger partial charge in [0, 0.05) is 11.4 Å². The normalized spacial score (nSPS) is 11.7. The van der Waals surface area contributed by atoms with Gasteiger partial charge in [-0.05, 0) is 24.3 Å². The van der Waals surface area contributed by atoms with E-state index in [2.05, 4.69) is 10.1 Å². The molecule has 4 nitrogen and oxygen atoms in total. The summed E-state index contributed by atoms with van der Waals surface area (Å²) in [5.74, 6) is -4.68. The lowest BCUT2D eigenvalue weighted by Crippen LogP contribution is -2.32. The Hall–Kier alpha value is -1.83. The SMILES string of the molecule is Nc1ccc(NC(=O)CCOCC(F)(F)C(F)F)cc1. The van der Waals surface area contributed by atoms with E-state index in [4.69, 9.17) is 5.73 Å². The highest BCUT2D eigenvalue weighted by atomic mass is 19.3. The van der Waals surface area contributed by atoms with Crippen molar-refractivity contribution in [3.05, 3.63) is 24.3 Å². The second kappa shape index (κ2) is 7.09. The van der Waals surface area contributed by atoms with Crippen LogP contribution in [0.3, 0.4) is 0 Å². The second-order valence-electron chi connectivity index (χ2n) is 4.03. The summed E-state index contributed by atoms with van der Waals surface area (Å²) in [6.07, 6.45) is -4.00. The van der Waals surface area contributed by atoms with Crippen LogP contribution >= 0.6 is 0 Å². The summed E-state index contributed by atoms with van der Waals surface area (Å²) in [4.78, 5) is 11.4. The van der Waals surface area contributed by atoms with Crippen LogP contribution in [0.5, 0.6) is 0 Å². The van der Waals surface area contributed by atoms with Gasteiger partial charge < -0.3 is 15.8 Å². The van der Waals surface area contributed by atoms with Crippen molar-refractivity contribution in [2.45, 2.75) is 18.8 Å². The van der Waals surface area contributed by atoms with Crippen molar-refractivity contribution < 1.29 is 27.1 Å². The zero-order chi connectivity index (χ0) is 15.2.